The lowest BCUT2D eigenvalue weighted by molar-refractivity contribution is 0.0679. The van der Waals surface area contributed by atoms with Crippen LogP contribution in [0, 0.1) is 0 Å². The largest absolute Gasteiger partial charge is 0.385 e. The van der Waals surface area contributed by atoms with Crippen LogP contribution in [0.3, 0.4) is 0 Å². The highest BCUT2D eigenvalue weighted by atomic mass is 35.5. The minimum Gasteiger partial charge on any atom is -0.385 e. The maximum absolute atomic E-state index is 13.2. The molecule has 1 N–H and O–H groups in total. The molecule has 2 aromatic carbocycles. The predicted molar refractivity (Wildman–Crippen MR) is 104 cm³/mol. The van der Waals surface area contributed by atoms with Crippen LogP contribution in [0.15, 0.2) is 48.5 Å². The van der Waals surface area contributed by atoms with Crippen molar-refractivity contribution in [3.05, 3.63) is 65.2 Å². The monoisotopic (exact) mass is 360 g/mol. The molecule has 0 aliphatic carbocycles. The van der Waals surface area contributed by atoms with Gasteiger partial charge in [0.15, 0.2) is 0 Å². The number of amides is 1. The zero-order valence-corrected chi connectivity index (χ0v) is 15.3. The minimum atomic E-state index is 0. The van der Waals surface area contributed by atoms with Crippen LogP contribution < -0.4 is 5.32 Å². The predicted octanol–water partition coefficient (Wildman–Crippen LogP) is 3.76. The van der Waals surface area contributed by atoms with Crippen molar-refractivity contribution >= 4 is 24.0 Å². The molecule has 0 atom stereocenters. The number of halogens is 1. The van der Waals surface area contributed by atoms with Crippen LogP contribution in [-0.4, -0.2) is 37.6 Å². The Bertz CT molecular complexity index is 691. The van der Waals surface area contributed by atoms with E-state index in [1.165, 1.54) is 0 Å². The maximum Gasteiger partial charge on any atom is 0.254 e. The van der Waals surface area contributed by atoms with E-state index in [2.05, 4.69) is 23.5 Å². The maximum atomic E-state index is 13.2. The number of benzene rings is 2. The summed E-state index contributed by atoms with van der Waals surface area (Å²) >= 11 is 0. The molecule has 0 radical (unpaired) electrons. The summed E-state index contributed by atoms with van der Waals surface area (Å²) in [7, 11) is 1.67. The van der Waals surface area contributed by atoms with E-state index >= 15 is 0 Å². The number of methoxy groups -OCH3 is 1. The minimum absolute atomic E-state index is 0. The summed E-state index contributed by atoms with van der Waals surface area (Å²) in [4.78, 5) is 15.0. The molecule has 2 aromatic rings. The summed E-state index contributed by atoms with van der Waals surface area (Å²) in [5.41, 5.74) is 4.18. The summed E-state index contributed by atoms with van der Waals surface area (Å²) in [5, 5.41) is 3.39. The van der Waals surface area contributed by atoms with Gasteiger partial charge in [-0.3, -0.25) is 4.79 Å². The summed E-state index contributed by atoms with van der Waals surface area (Å²) < 4.78 is 5.20. The molecule has 1 heterocycles. The number of anilines is 1. The van der Waals surface area contributed by atoms with Gasteiger partial charge in [0.05, 0.1) is 6.61 Å². The lowest BCUT2D eigenvalue weighted by Crippen LogP contribution is -2.34. The fourth-order valence-electron chi connectivity index (χ4n) is 3.14. The van der Waals surface area contributed by atoms with E-state index in [1.807, 2.05) is 35.2 Å². The van der Waals surface area contributed by atoms with Crippen molar-refractivity contribution in [3.63, 3.8) is 0 Å². The van der Waals surface area contributed by atoms with E-state index in [4.69, 9.17) is 4.74 Å². The third kappa shape index (κ3) is 4.74. The van der Waals surface area contributed by atoms with Crippen molar-refractivity contribution in [2.75, 3.05) is 32.1 Å². The molecule has 4 nitrogen and oxygen atoms in total. The first kappa shape index (κ1) is 19.3. The Labute approximate surface area is 155 Å². The van der Waals surface area contributed by atoms with Gasteiger partial charge < -0.3 is 15.0 Å². The van der Waals surface area contributed by atoms with Gasteiger partial charge in [-0.15, -0.1) is 12.4 Å². The number of fused-ring (bicyclic) bond motifs is 1. The van der Waals surface area contributed by atoms with Gasteiger partial charge in [0, 0.05) is 38.0 Å². The van der Waals surface area contributed by atoms with Gasteiger partial charge in [0.2, 0.25) is 0 Å². The van der Waals surface area contributed by atoms with E-state index in [0.29, 0.717) is 19.7 Å². The normalized spacial score (nSPS) is 12.5. The fraction of sp³-hybridized carbons (Fsp3) is 0.350. The Hall–Kier alpha value is -2.04. The molecular formula is C20H25ClN2O2. The van der Waals surface area contributed by atoms with Crippen LogP contribution in [0.1, 0.15) is 27.9 Å². The lowest BCUT2D eigenvalue weighted by atomic mass is 9.96. The Kier molecular flexibility index (Phi) is 7.29. The lowest BCUT2D eigenvalue weighted by Gasteiger charge is -2.26. The molecule has 5 heteroatoms. The zero-order valence-electron chi connectivity index (χ0n) is 14.5. The molecule has 0 saturated carbocycles. The molecule has 0 fully saturated rings. The van der Waals surface area contributed by atoms with Crippen LogP contribution in [0.4, 0.5) is 5.69 Å². The highest BCUT2D eigenvalue weighted by molar-refractivity contribution is 5.97. The van der Waals surface area contributed by atoms with Gasteiger partial charge in [0.25, 0.3) is 5.91 Å². The molecule has 0 bridgehead atoms. The number of nitrogens with zero attached hydrogens (tertiary/aromatic N) is 1. The summed E-state index contributed by atoms with van der Waals surface area (Å²) in [6.45, 7) is 2.69. The first-order valence-electron chi connectivity index (χ1n) is 8.47. The molecule has 0 saturated heterocycles. The van der Waals surface area contributed by atoms with Crippen molar-refractivity contribution in [2.24, 2.45) is 0 Å². The summed E-state index contributed by atoms with van der Waals surface area (Å²) in [6.07, 6.45) is 2.02. The molecule has 0 spiro atoms. The molecule has 25 heavy (non-hydrogen) atoms. The van der Waals surface area contributed by atoms with Gasteiger partial charge in [-0.25, -0.2) is 0 Å². The molecule has 134 valence electrons. The van der Waals surface area contributed by atoms with Crippen molar-refractivity contribution in [3.8, 4) is 0 Å². The second-order valence-electron chi connectivity index (χ2n) is 6.07. The van der Waals surface area contributed by atoms with Crippen LogP contribution in [0.5, 0.6) is 0 Å². The molecule has 0 unspecified atom stereocenters. The Morgan fingerprint density at radius 3 is 2.72 bits per heavy atom. The second-order valence-corrected chi connectivity index (χ2v) is 6.07. The average molecular weight is 361 g/mol. The Balaban J connectivity index is 0.00000225. The van der Waals surface area contributed by atoms with Crippen molar-refractivity contribution < 1.29 is 9.53 Å². The van der Waals surface area contributed by atoms with Crippen LogP contribution in [-0.2, 0) is 17.7 Å². The number of ether oxygens (including phenoxy) is 1. The van der Waals surface area contributed by atoms with Crippen molar-refractivity contribution in [1.29, 1.82) is 0 Å². The number of carbonyl (C=O) groups is 1. The molecule has 3 rings (SSSR count). The smallest absolute Gasteiger partial charge is 0.254 e. The number of hydrogen-bond donors (Lipinski definition) is 1. The summed E-state index contributed by atoms with van der Waals surface area (Å²) in [6, 6.07) is 16.1. The topological polar surface area (TPSA) is 41.6 Å². The number of hydrogen-bond acceptors (Lipinski definition) is 3. The van der Waals surface area contributed by atoms with Gasteiger partial charge in [-0.05, 0) is 36.1 Å². The standard InChI is InChI=1S/C20H24N2O2.ClH/c1-24-14-13-22(15-16-7-3-2-4-8-16)20(23)18-9-5-11-19-17(18)10-6-12-21-19;/h2-5,7-9,11,21H,6,10,12-15H2,1H3;1H. The quantitative estimate of drug-likeness (QED) is 0.852. The Morgan fingerprint density at radius 2 is 1.96 bits per heavy atom. The first-order chi connectivity index (χ1) is 11.8. The molecule has 0 aromatic heterocycles. The van der Waals surface area contributed by atoms with Gasteiger partial charge in [0.1, 0.15) is 0 Å². The summed E-state index contributed by atoms with van der Waals surface area (Å²) in [5.74, 6) is 0.0800. The third-order valence-electron chi connectivity index (χ3n) is 4.39. The molecular weight excluding hydrogens is 336 g/mol. The number of nitrogens with one attached hydrogen (secondary N) is 1. The number of rotatable bonds is 6. The molecule has 1 amide bonds. The van der Waals surface area contributed by atoms with Crippen LogP contribution in [0.2, 0.25) is 0 Å². The second kappa shape index (κ2) is 9.44. The van der Waals surface area contributed by atoms with E-state index < -0.39 is 0 Å². The van der Waals surface area contributed by atoms with E-state index in [-0.39, 0.29) is 18.3 Å². The highest BCUT2D eigenvalue weighted by Gasteiger charge is 2.22. The number of carbonyl (C=O) groups excluding carboxylic acids is 1. The zero-order chi connectivity index (χ0) is 16.8. The van der Waals surface area contributed by atoms with Crippen LogP contribution >= 0.6 is 12.4 Å². The van der Waals surface area contributed by atoms with E-state index in [0.717, 1.165) is 41.8 Å². The third-order valence-corrected chi connectivity index (χ3v) is 4.39. The molecule has 1 aliphatic rings. The van der Waals surface area contributed by atoms with Gasteiger partial charge in [-0.1, -0.05) is 36.4 Å². The molecule has 1 aliphatic heterocycles. The van der Waals surface area contributed by atoms with Gasteiger partial charge >= 0.3 is 0 Å². The van der Waals surface area contributed by atoms with Crippen LogP contribution in [0.25, 0.3) is 0 Å². The van der Waals surface area contributed by atoms with E-state index in [1.54, 1.807) is 7.11 Å². The average Bonchev–Trinajstić information content (AvgIpc) is 2.65. The van der Waals surface area contributed by atoms with E-state index in [9.17, 15) is 4.79 Å². The van der Waals surface area contributed by atoms with Crippen molar-refractivity contribution in [2.45, 2.75) is 19.4 Å². The first-order valence-corrected chi connectivity index (χ1v) is 8.47. The van der Waals surface area contributed by atoms with Crippen molar-refractivity contribution in [1.82, 2.24) is 4.90 Å². The SMILES string of the molecule is COCCN(Cc1ccccc1)C(=O)c1cccc2c1CCCN2.Cl. The highest BCUT2D eigenvalue weighted by Crippen LogP contribution is 2.26. The Morgan fingerprint density at radius 1 is 1.16 bits per heavy atom. The van der Waals surface area contributed by atoms with Gasteiger partial charge in [-0.2, -0.15) is 0 Å². The fourth-order valence-corrected chi connectivity index (χ4v) is 3.14.